The van der Waals surface area contributed by atoms with Crippen LogP contribution in [0.2, 0.25) is 0 Å². The molecule has 19 rings (SSSR count). The van der Waals surface area contributed by atoms with Crippen LogP contribution in [0.5, 0.6) is 0 Å². The smallest absolute Gasteiger partial charge is 0.339 e. The van der Waals surface area contributed by atoms with E-state index in [1.807, 2.05) is 6.07 Å². The van der Waals surface area contributed by atoms with Crippen molar-refractivity contribution in [2.45, 2.75) is 208 Å². The largest absolute Gasteiger partial charge is 0.469 e. The molecule has 0 amide bonds. The summed E-state index contributed by atoms with van der Waals surface area (Å²) in [6, 6.07) is 13.2. The number of ether oxygens (including phenoxy) is 4. The Bertz CT molecular complexity index is 3370. The van der Waals surface area contributed by atoms with Gasteiger partial charge in [0.05, 0.1) is 54.9 Å². The van der Waals surface area contributed by atoms with Gasteiger partial charge in [-0.05, 0) is 203 Å². The highest BCUT2D eigenvalue weighted by Crippen LogP contribution is 2.92. The molecule has 2 aromatic rings. The third kappa shape index (κ3) is 6.19. The Hall–Kier alpha value is -4.29. The van der Waals surface area contributed by atoms with E-state index in [-0.39, 0.29) is 84.1 Å². The van der Waals surface area contributed by atoms with Gasteiger partial charge < -0.3 is 43.6 Å². The molecule has 0 radical (unpaired) electrons. The lowest BCUT2D eigenvalue weighted by atomic mass is 9.28. The number of hydrogen-bond acceptors (Lipinski definition) is 13. The zero-order valence-electron chi connectivity index (χ0n) is 50.9. The quantitative estimate of drug-likeness (QED) is 0.0808. The van der Waals surface area contributed by atoms with E-state index in [0.717, 1.165) is 141 Å². The summed E-state index contributed by atoms with van der Waals surface area (Å²) in [6.07, 6.45) is 26.1. The van der Waals surface area contributed by atoms with Gasteiger partial charge in [0.15, 0.2) is 17.5 Å². The Morgan fingerprint density at radius 2 is 1.74 bits per heavy atom. The number of fused-ring (bicyclic) bond motifs is 6. The minimum Gasteiger partial charge on any atom is -0.469 e. The zero-order chi connectivity index (χ0) is 58.5. The number of aliphatic hydroxyl groups is 3. The van der Waals surface area contributed by atoms with Gasteiger partial charge in [0.25, 0.3) is 0 Å². The summed E-state index contributed by atoms with van der Waals surface area (Å²) in [6.45, 7) is 3.81. The molecule has 24 atom stereocenters. The van der Waals surface area contributed by atoms with Crippen molar-refractivity contribution in [1.82, 2.24) is 10.2 Å². The van der Waals surface area contributed by atoms with Crippen LogP contribution in [0.1, 0.15) is 165 Å². The highest BCUT2D eigenvalue weighted by atomic mass is 16.7. The fourth-order valence-corrected chi connectivity index (χ4v) is 28.2. The summed E-state index contributed by atoms with van der Waals surface area (Å²) in [4.78, 5) is 52.6. The molecular formula is C74H90N2O11. The molecule has 13 nitrogen and oxygen atoms in total. The number of esters is 2. The number of cyclic esters (lactones) is 1. The minimum absolute atomic E-state index is 0.0479. The number of epoxide rings is 1. The number of nitrogens with zero attached hydrogens (tertiary/aromatic N) is 1. The number of nitrogens with one attached hydrogen (secondary N) is 1. The molecule has 13 heteroatoms. The molecule has 14 fully saturated rings. The topological polar surface area (TPSA) is 181 Å². The number of benzene rings is 1. The molecule has 17 aliphatic rings. The first-order chi connectivity index (χ1) is 42.3. The Kier molecular flexibility index (Phi) is 11.4. The van der Waals surface area contributed by atoms with Gasteiger partial charge in [-0.2, -0.15) is 0 Å². The van der Waals surface area contributed by atoms with Crippen molar-refractivity contribution in [2.75, 3.05) is 26.4 Å². The summed E-state index contributed by atoms with van der Waals surface area (Å²) in [5.74, 6) is 6.09. The van der Waals surface area contributed by atoms with Crippen molar-refractivity contribution in [3.8, 4) is 11.8 Å². The Morgan fingerprint density at radius 3 is 2.57 bits per heavy atom. The fourth-order valence-electron chi connectivity index (χ4n) is 28.2. The van der Waals surface area contributed by atoms with E-state index in [0.29, 0.717) is 49.3 Å². The highest BCUT2D eigenvalue weighted by molar-refractivity contribution is 5.94. The molecule has 87 heavy (non-hydrogen) atoms. The second-order valence-corrected chi connectivity index (χ2v) is 32.6. The standard InChI is InChI=1S/C74H90N2O11/c1-66-36-47-37-68-49(20-27-67(68)24-8-9-25-67)34-50-21-28-70(48-14-6-3-7-15-48)60-58(79)62(80)72(59(47)69(60)40-84-64(81)61(68)73(50,69)87-70)54-32-43(31-42-11-4-2-5-12-42)16-17-44(54)13-10-26-71(66,86-65(82)63-74(66,72)85-63)53-23-30-83-57(53)35-52(56(78)39-77)45-18-19-51-46(33-45)22-29-76-41-75-38-55(51)76/h2,4-5,11-12,21-23,29-30,43-49,51-52,54-56,59-63,75,77-78,80H,3,6-9,14-20,24-28,31-41H2,1H3. The Balaban J connectivity index is 0.849. The van der Waals surface area contributed by atoms with E-state index < -0.39 is 86.1 Å². The van der Waals surface area contributed by atoms with E-state index in [4.69, 9.17) is 23.4 Å². The second kappa shape index (κ2) is 18.3. The van der Waals surface area contributed by atoms with Crippen LogP contribution in [-0.2, 0) is 51.8 Å². The lowest BCUT2D eigenvalue weighted by Gasteiger charge is -2.74. The first-order valence-corrected chi connectivity index (χ1v) is 35.0. The van der Waals surface area contributed by atoms with E-state index in [9.17, 15) is 10.2 Å². The average Bonchev–Trinajstić information content (AvgIpc) is 1.44. The van der Waals surface area contributed by atoms with Crippen LogP contribution in [0.15, 0.2) is 71.0 Å². The molecule has 9 saturated carbocycles. The molecule has 8 heterocycles. The van der Waals surface area contributed by atoms with Crippen LogP contribution in [0.4, 0.5) is 0 Å². The van der Waals surface area contributed by atoms with Crippen molar-refractivity contribution in [3.63, 3.8) is 0 Å². The first kappa shape index (κ1) is 54.4. The molecule has 4 N–H and O–H groups in total. The third-order valence-electron chi connectivity index (χ3n) is 30.6. The SMILES string of the molecule is CC12CC3CC45C(CCC46CCCC6)CC4=CCC6(C7CCCCC7)OC47C5C(=O)OCC74C6C(=O)C(O)C5(C6CC(Cc7ccccc7)CCC6C#CCC1(c1ccoc1CC(C(O)CO)C1CCC6C(C=CN7CNCC67)C1)OC(=O)C1OC152)C34. The highest BCUT2D eigenvalue weighted by Gasteiger charge is 3.00. The van der Waals surface area contributed by atoms with Gasteiger partial charge in [0.2, 0.25) is 0 Å². The zero-order valence-corrected chi connectivity index (χ0v) is 50.9. The van der Waals surface area contributed by atoms with Crippen molar-refractivity contribution < 1.29 is 53.1 Å². The average molecular weight is 1180 g/mol. The van der Waals surface area contributed by atoms with Crippen molar-refractivity contribution in [1.29, 1.82) is 0 Å². The maximum absolute atomic E-state index is 17.7. The predicted molar refractivity (Wildman–Crippen MR) is 318 cm³/mol. The van der Waals surface area contributed by atoms with E-state index >= 15 is 19.5 Å². The fraction of sp³-hybridized carbons (Fsp3) is 0.743. The number of rotatable bonds is 9. The summed E-state index contributed by atoms with van der Waals surface area (Å²) < 4.78 is 38.0. The molecule has 1 aromatic heterocycles. The number of hydrogen-bond donors (Lipinski definition) is 4. The molecule has 5 saturated heterocycles. The van der Waals surface area contributed by atoms with Crippen LogP contribution in [0, 0.1) is 116 Å². The molecule has 10 aliphatic carbocycles. The number of carbonyl (C=O) groups excluding carboxylic acids is 3. The van der Waals surface area contributed by atoms with Crippen LogP contribution < -0.4 is 5.32 Å². The minimum atomic E-state index is -1.55. The molecule has 462 valence electrons. The summed E-state index contributed by atoms with van der Waals surface area (Å²) in [5, 5.41) is 41.8. The molecule has 1 aromatic carbocycles. The van der Waals surface area contributed by atoms with Gasteiger partial charge >= 0.3 is 11.9 Å². The first-order valence-electron chi connectivity index (χ1n) is 35.0. The van der Waals surface area contributed by atoms with Crippen LogP contribution in [0.25, 0.3) is 0 Å². The molecule has 24 unspecified atom stereocenters. The number of aliphatic hydroxyl groups excluding tert-OH is 3. The second-order valence-electron chi connectivity index (χ2n) is 32.6. The molecule has 9 bridgehead atoms. The van der Waals surface area contributed by atoms with Crippen molar-refractivity contribution >= 4 is 17.7 Å². The monoisotopic (exact) mass is 1180 g/mol. The van der Waals surface area contributed by atoms with Crippen molar-refractivity contribution in [3.05, 3.63) is 83.5 Å². The van der Waals surface area contributed by atoms with Crippen molar-refractivity contribution in [2.24, 2.45) is 104 Å². The maximum atomic E-state index is 17.7. The van der Waals surface area contributed by atoms with Gasteiger partial charge in [-0.15, -0.1) is 0 Å². The van der Waals surface area contributed by atoms with Crippen LogP contribution in [0.3, 0.4) is 0 Å². The Morgan fingerprint density at radius 1 is 0.885 bits per heavy atom. The van der Waals surface area contributed by atoms with Gasteiger partial charge in [-0.3, -0.25) is 14.9 Å². The van der Waals surface area contributed by atoms with Crippen LogP contribution in [-0.4, -0.2) is 106 Å². The maximum Gasteiger partial charge on any atom is 0.339 e. The number of ketones is 1. The normalized spacial score (nSPS) is 50.9. The number of Topliss-reactive ketones (excluding diaryl/α,β-unsaturated/α-hetero) is 1. The van der Waals surface area contributed by atoms with Gasteiger partial charge in [0, 0.05) is 41.3 Å². The van der Waals surface area contributed by atoms with Gasteiger partial charge in [0.1, 0.15) is 29.7 Å². The predicted octanol–water partition coefficient (Wildman–Crippen LogP) is 9.69. The summed E-state index contributed by atoms with van der Waals surface area (Å²) in [7, 11) is 0. The number of carbonyl (C=O) groups is 3. The van der Waals surface area contributed by atoms with Crippen LogP contribution >= 0.6 is 0 Å². The molecule has 6 spiro atoms. The lowest BCUT2D eigenvalue weighted by molar-refractivity contribution is -0.315. The van der Waals surface area contributed by atoms with E-state index in [1.165, 1.54) is 11.1 Å². The molecular weight excluding hydrogens is 1090 g/mol. The number of furan rings is 1. The van der Waals surface area contributed by atoms with E-state index in [2.05, 4.69) is 77.7 Å². The lowest BCUT2D eigenvalue weighted by Crippen LogP contribution is -2.84. The Labute approximate surface area is 512 Å². The van der Waals surface area contributed by atoms with E-state index in [1.54, 1.807) is 6.26 Å². The third-order valence-corrected chi connectivity index (χ3v) is 30.6. The number of allylic oxidation sites excluding steroid dienone is 1. The van der Waals surface area contributed by atoms with Gasteiger partial charge in [-0.1, -0.05) is 93.4 Å². The summed E-state index contributed by atoms with van der Waals surface area (Å²) >= 11 is 0. The molecule has 7 aliphatic heterocycles. The summed E-state index contributed by atoms with van der Waals surface area (Å²) in [5.41, 5.74) is -6.04. The van der Waals surface area contributed by atoms with Gasteiger partial charge in [-0.25, -0.2) is 4.79 Å².